The molecule has 2 fully saturated rings. The normalized spacial score (nSPS) is 24.3. The number of hydrogen-bond acceptors (Lipinski definition) is 5. The standard InChI is InChI=1S/C24H33N3O4/c1-3-25-23(28)26-14-19-10-11-24(31-19)16-27(12-13-30-17-24)15-18-8-9-22(29-2)21-7-5-4-6-20(18)21/h4-9,19H,3,10-17H2,1-2H3,(H2,25,26,28)/t19-,24-/m0/s1. The molecule has 0 radical (unpaired) electrons. The number of carbonyl (C=O) groups is 1. The van der Waals surface area contributed by atoms with Crippen molar-refractivity contribution in [1.29, 1.82) is 0 Å². The van der Waals surface area contributed by atoms with Crippen LogP contribution in [0.25, 0.3) is 10.8 Å². The van der Waals surface area contributed by atoms with Crippen LogP contribution in [0.5, 0.6) is 5.75 Å². The fourth-order valence-electron chi connectivity index (χ4n) is 4.70. The minimum atomic E-state index is -0.313. The third kappa shape index (κ3) is 5.11. The quantitative estimate of drug-likeness (QED) is 0.742. The molecule has 2 aliphatic rings. The molecule has 0 aliphatic carbocycles. The van der Waals surface area contributed by atoms with Crippen molar-refractivity contribution in [3.8, 4) is 5.75 Å². The van der Waals surface area contributed by atoms with E-state index in [1.165, 1.54) is 10.9 Å². The number of benzene rings is 2. The second kappa shape index (κ2) is 9.85. The van der Waals surface area contributed by atoms with Crippen LogP contribution in [0.1, 0.15) is 25.3 Å². The molecule has 7 nitrogen and oxygen atoms in total. The number of ether oxygens (including phenoxy) is 3. The van der Waals surface area contributed by atoms with Gasteiger partial charge in [0.05, 0.1) is 26.4 Å². The van der Waals surface area contributed by atoms with E-state index in [0.29, 0.717) is 26.3 Å². The third-order valence-electron chi connectivity index (χ3n) is 6.18. The number of carbonyl (C=O) groups excluding carboxylic acids is 1. The summed E-state index contributed by atoms with van der Waals surface area (Å²) in [6.07, 6.45) is 1.89. The lowest BCUT2D eigenvalue weighted by molar-refractivity contribution is -0.0847. The summed E-state index contributed by atoms with van der Waals surface area (Å²) in [6, 6.07) is 12.5. The lowest BCUT2D eigenvalue weighted by Gasteiger charge is -2.32. The zero-order chi connectivity index (χ0) is 21.7. The summed E-state index contributed by atoms with van der Waals surface area (Å²) in [5.41, 5.74) is 0.965. The van der Waals surface area contributed by atoms with Gasteiger partial charge in [0.25, 0.3) is 0 Å². The maximum Gasteiger partial charge on any atom is 0.314 e. The summed E-state index contributed by atoms with van der Waals surface area (Å²) in [4.78, 5) is 14.1. The van der Waals surface area contributed by atoms with Gasteiger partial charge in [-0.2, -0.15) is 0 Å². The lowest BCUT2D eigenvalue weighted by Crippen LogP contribution is -2.46. The SMILES string of the molecule is CCNC(=O)NC[C@@H]1CC[C@]2(COCCN(Cc3ccc(OC)c4ccccc34)C2)O1. The van der Waals surface area contributed by atoms with E-state index in [1.807, 2.05) is 13.0 Å². The van der Waals surface area contributed by atoms with Crippen LogP contribution in [0.4, 0.5) is 4.79 Å². The van der Waals surface area contributed by atoms with E-state index in [0.717, 1.165) is 43.6 Å². The molecule has 4 rings (SSSR count). The average molecular weight is 428 g/mol. The molecule has 2 aromatic rings. The number of fused-ring (bicyclic) bond motifs is 1. The Hall–Kier alpha value is -2.35. The first-order valence-corrected chi connectivity index (χ1v) is 11.2. The molecular weight excluding hydrogens is 394 g/mol. The summed E-state index contributed by atoms with van der Waals surface area (Å²) in [5.74, 6) is 0.900. The van der Waals surface area contributed by atoms with Gasteiger partial charge in [0.2, 0.25) is 0 Å². The zero-order valence-electron chi connectivity index (χ0n) is 18.5. The first kappa shape index (κ1) is 21.9. The number of rotatable bonds is 6. The first-order chi connectivity index (χ1) is 15.1. The summed E-state index contributed by atoms with van der Waals surface area (Å²) < 4.78 is 18.0. The minimum Gasteiger partial charge on any atom is -0.496 e. The highest BCUT2D eigenvalue weighted by Gasteiger charge is 2.43. The molecule has 1 spiro atoms. The number of urea groups is 1. The third-order valence-corrected chi connectivity index (χ3v) is 6.18. The Balaban J connectivity index is 1.44. The first-order valence-electron chi connectivity index (χ1n) is 11.2. The minimum absolute atomic E-state index is 0.0213. The van der Waals surface area contributed by atoms with Crippen LogP contribution < -0.4 is 15.4 Å². The second-order valence-electron chi connectivity index (χ2n) is 8.44. The topological polar surface area (TPSA) is 72.1 Å². The number of hydrogen-bond donors (Lipinski definition) is 2. The van der Waals surface area contributed by atoms with Gasteiger partial charge in [0, 0.05) is 38.1 Å². The van der Waals surface area contributed by atoms with Crippen molar-refractivity contribution in [3.63, 3.8) is 0 Å². The van der Waals surface area contributed by atoms with Gasteiger partial charge >= 0.3 is 6.03 Å². The van der Waals surface area contributed by atoms with Crippen molar-refractivity contribution >= 4 is 16.8 Å². The summed E-state index contributed by atoms with van der Waals surface area (Å²) in [6.45, 7) is 6.87. The van der Waals surface area contributed by atoms with Gasteiger partial charge in [-0.3, -0.25) is 4.90 Å². The molecule has 2 atom stereocenters. The van der Waals surface area contributed by atoms with Gasteiger partial charge in [-0.25, -0.2) is 4.79 Å². The molecule has 2 amide bonds. The maximum absolute atomic E-state index is 11.7. The van der Waals surface area contributed by atoms with E-state index < -0.39 is 0 Å². The lowest BCUT2D eigenvalue weighted by atomic mass is 9.99. The fraction of sp³-hybridized carbons (Fsp3) is 0.542. The molecule has 31 heavy (non-hydrogen) atoms. The van der Waals surface area contributed by atoms with Crippen LogP contribution in [-0.4, -0.2) is 69.1 Å². The highest BCUT2D eigenvalue weighted by Crippen LogP contribution is 2.34. The van der Waals surface area contributed by atoms with Crippen LogP contribution in [0.3, 0.4) is 0 Å². The molecule has 0 bridgehead atoms. The fourth-order valence-corrected chi connectivity index (χ4v) is 4.70. The number of nitrogens with zero attached hydrogens (tertiary/aromatic N) is 1. The Morgan fingerprint density at radius 3 is 2.87 bits per heavy atom. The predicted octanol–water partition coefficient (Wildman–Crippen LogP) is 2.92. The summed E-state index contributed by atoms with van der Waals surface area (Å²) >= 11 is 0. The molecule has 2 saturated heterocycles. The van der Waals surface area contributed by atoms with E-state index >= 15 is 0 Å². The van der Waals surface area contributed by atoms with Crippen molar-refractivity contribution in [2.24, 2.45) is 0 Å². The zero-order valence-corrected chi connectivity index (χ0v) is 18.5. The van der Waals surface area contributed by atoms with Crippen LogP contribution in [0.2, 0.25) is 0 Å². The second-order valence-corrected chi connectivity index (χ2v) is 8.44. The Morgan fingerprint density at radius 2 is 2.06 bits per heavy atom. The number of nitrogens with one attached hydrogen (secondary N) is 2. The highest BCUT2D eigenvalue weighted by atomic mass is 16.6. The molecule has 0 unspecified atom stereocenters. The summed E-state index contributed by atoms with van der Waals surface area (Å²) in [5, 5.41) is 8.02. The van der Waals surface area contributed by atoms with Gasteiger partial charge < -0.3 is 24.8 Å². The van der Waals surface area contributed by atoms with Crippen LogP contribution >= 0.6 is 0 Å². The van der Waals surface area contributed by atoms with Gasteiger partial charge in [-0.15, -0.1) is 0 Å². The number of methoxy groups -OCH3 is 1. The van der Waals surface area contributed by atoms with E-state index in [4.69, 9.17) is 14.2 Å². The van der Waals surface area contributed by atoms with Gasteiger partial charge in [0.15, 0.2) is 0 Å². The van der Waals surface area contributed by atoms with Gasteiger partial charge in [-0.05, 0) is 36.8 Å². The number of amides is 2. The molecular formula is C24H33N3O4. The maximum atomic E-state index is 11.7. The molecule has 2 heterocycles. The summed E-state index contributed by atoms with van der Waals surface area (Å²) in [7, 11) is 1.71. The van der Waals surface area contributed by atoms with Crippen LogP contribution in [0.15, 0.2) is 36.4 Å². The van der Waals surface area contributed by atoms with E-state index in [2.05, 4.69) is 45.9 Å². The molecule has 168 valence electrons. The van der Waals surface area contributed by atoms with Gasteiger partial charge in [-0.1, -0.05) is 30.3 Å². The van der Waals surface area contributed by atoms with E-state index in [9.17, 15) is 4.79 Å². The van der Waals surface area contributed by atoms with E-state index in [1.54, 1.807) is 7.11 Å². The molecule has 0 aromatic heterocycles. The predicted molar refractivity (Wildman–Crippen MR) is 121 cm³/mol. The van der Waals surface area contributed by atoms with Crippen molar-refractivity contribution in [1.82, 2.24) is 15.5 Å². The Labute approximate surface area is 184 Å². The van der Waals surface area contributed by atoms with Crippen molar-refractivity contribution in [3.05, 3.63) is 42.0 Å². The Bertz CT molecular complexity index is 906. The molecule has 0 saturated carbocycles. The van der Waals surface area contributed by atoms with Crippen LogP contribution in [0, 0.1) is 0 Å². The van der Waals surface area contributed by atoms with Crippen molar-refractivity contribution in [2.75, 3.05) is 46.5 Å². The monoisotopic (exact) mass is 427 g/mol. The van der Waals surface area contributed by atoms with Crippen molar-refractivity contribution < 1.29 is 19.0 Å². The Morgan fingerprint density at radius 1 is 1.23 bits per heavy atom. The average Bonchev–Trinajstić information content (AvgIpc) is 3.07. The van der Waals surface area contributed by atoms with E-state index in [-0.39, 0.29) is 17.7 Å². The van der Waals surface area contributed by atoms with Crippen molar-refractivity contribution in [2.45, 2.75) is 38.0 Å². The molecule has 2 aromatic carbocycles. The van der Waals surface area contributed by atoms with Gasteiger partial charge in [0.1, 0.15) is 11.4 Å². The van der Waals surface area contributed by atoms with Crippen LogP contribution in [-0.2, 0) is 16.0 Å². The molecule has 2 aliphatic heterocycles. The smallest absolute Gasteiger partial charge is 0.314 e. The largest absolute Gasteiger partial charge is 0.496 e. The highest BCUT2D eigenvalue weighted by molar-refractivity contribution is 5.91. The Kier molecular flexibility index (Phi) is 6.95. The molecule has 2 N–H and O–H groups in total. The molecule has 7 heteroatoms.